The molecule has 0 spiro atoms. The highest BCUT2D eigenvalue weighted by molar-refractivity contribution is 7.99. The Labute approximate surface area is 180 Å². The summed E-state index contributed by atoms with van der Waals surface area (Å²) in [7, 11) is 1.82. The standard InChI is InChI=1S/C23H25N3O3S/c1-16-4-5-17(2)19(12-16)26-9-8-24-23(26)30-15-22(27)25(3)14-18-6-7-20-21(13-18)29-11-10-28-20/h4-9,12-13H,10-11,14-15H2,1-3H3. The molecule has 1 aromatic heterocycles. The number of aryl methyl sites for hydroxylation is 2. The van der Waals surface area contributed by atoms with Crippen molar-refractivity contribution in [2.45, 2.75) is 25.5 Å². The van der Waals surface area contributed by atoms with Crippen LogP contribution >= 0.6 is 11.8 Å². The molecule has 1 amide bonds. The molecule has 2 aromatic carbocycles. The van der Waals surface area contributed by atoms with Crippen molar-refractivity contribution in [3.63, 3.8) is 0 Å². The minimum absolute atomic E-state index is 0.0467. The SMILES string of the molecule is Cc1ccc(C)c(-n2ccnc2SCC(=O)N(C)Cc2ccc3c(c2)OCCO3)c1. The molecular formula is C23H25N3O3S. The second-order valence-electron chi connectivity index (χ2n) is 7.39. The minimum atomic E-state index is 0.0467. The third-order valence-corrected chi connectivity index (χ3v) is 5.96. The van der Waals surface area contributed by atoms with Crippen LogP contribution in [0.1, 0.15) is 16.7 Å². The van der Waals surface area contributed by atoms with Gasteiger partial charge in [-0.05, 0) is 48.7 Å². The Morgan fingerprint density at radius 1 is 1.13 bits per heavy atom. The van der Waals surface area contributed by atoms with Crippen molar-refractivity contribution in [1.82, 2.24) is 14.5 Å². The Balaban J connectivity index is 1.39. The van der Waals surface area contributed by atoms with E-state index in [4.69, 9.17) is 9.47 Å². The van der Waals surface area contributed by atoms with Crippen LogP contribution in [-0.4, -0.2) is 46.4 Å². The van der Waals surface area contributed by atoms with Crippen molar-refractivity contribution in [3.05, 3.63) is 65.5 Å². The second kappa shape index (κ2) is 8.83. The van der Waals surface area contributed by atoms with Crippen LogP contribution in [0.15, 0.2) is 53.9 Å². The second-order valence-corrected chi connectivity index (χ2v) is 8.33. The van der Waals surface area contributed by atoms with Crippen LogP contribution in [0.5, 0.6) is 11.5 Å². The number of thioether (sulfide) groups is 1. The van der Waals surface area contributed by atoms with E-state index in [-0.39, 0.29) is 5.91 Å². The summed E-state index contributed by atoms with van der Waals surface area (Å²) in [5, 5.41) is 0.810. The Morgan fingerprint density at radius 2 is 1.93 bits per heavy atom. The Bertz CT molecular complexity index is 1060. The van der Waals surface area contributed by atoms with Crippen LogP contribution < -0.4 is 9.47 Å². The molecule has 0 saturated carbocycles. The lowest BCUT2D eigenvalue weighted by Crippen LogP contribution is -2.28. The fourth-order valence-electron chi connectivity index (χ4n) is 3.34. The zero-order chi connectivity index (χ0) is 21.1. The summed E-state index contributed by atoms with van der Waals surface area (Å²) in [6, 6.07) is 12.1. The first-order chi connectivity index (χ1) is 14.5. The van der Waals surface area contributed by atoms with E-state index in [0.29, 0.717) is 25.5 Å². The molecular weight excluding hydrogens is 398 g/mol. The summed E-state index contributed by atoms with van der Waals surface area (Å²) in [4.78, 5) is 18.9. The van der Waals surface area contributed by atoms with E-state index in [1.165, 1.54) is 22.9 Å². The van der Waals surface area contributed by atoms with Gasteiger partial charge in [-0.2, -0.15) is 0 Å². The highest BCUT2D eigenvalue weighted by atomic mass is 32.2. The number of ether oxygens (including phenoxy) is 2. The number of amides is 1. The van der Waals surface area contributed by atoms with Crippen LogP contribution in [0, 0.1) is 13.8 Å². The van der Waals surface area contributed by atoms with Gasteiger partial charge in [0.2, 0.25) is 5.91 Å². The van der Waals surface area contributed by atoms with E-state index in [9.17, 15) is 4.79 Å². The average Bonchev–Trinajstić information content (AvgIpc) is 3.22. The third-order valence-electron chi connectivity index (χ3n) is 5.01. The minimum Gasteiger partial charge on any atom is -0.486 e. The van der Waals surface area contributed by atoms with E-state index in [1.807, 2.05) is 36.0 Å². The maximum Gasteiger partial charge on any atom is 0.233 e. The first-order valence-corrected chi connectivity index (χ1v) is 10.9. The van der Waals surface area contributed by atoms with Gasteiger partial charge in [0.15, 0.2) is 16.7 Å². The Morgan fingerprint density at radius 3 is 2.77 bits per heavy atom. The molecule has 0 unspecified atom stereocenters. The predicted molar refractivity (Wildman–Crippen MR) is 118 cm³/mol. The zero-order valence-corrected chi connectivity index (χ0v) is 18.2. The smallest absolute Gasteiger partial charge is 0.233 e. The van der Waals surface area contributed by atoms with Gasteiger partial charge in [-0.1, -0.05) is 30.0 Å². The molecule has 1 aliphatic heterocycles. The van der Waals surface area contributed by atoms with Gasteiger partial charge in [-0.25, -0.2) is 4.98 Å². The molecule has 4 rings (SSSR count). The van der Waals surface area contributed by atoms with Gasteiger partial charge >= 0.3 is 0 Å². The predicted octanol–water partition coefficient (Wildman–Crippen LogP) is 4.01. The summed E-state index contributed by atoms with van der Waals surface area (Å²) in [5.41, 5.74) is 4.46. The maximum absolute atomic E-state index is 12.7. The van der Waals surface area contributed by atoms with Crippen molar-refractivity contribution in [2.75, 3.05) is 26.0 Å². The quantitative estimate of drug-likeness (QED) is 0.561. The number of hydrogen-bond acceptors (Lipinski definition) is 5. The number of hydrogen-bond donors (Lipinski definition) is 0. The molecule has 7 heteroatoms. The topological polar surface area (TPSA) is 56.6 Å². The van der Waals surface area contributed by atoms with Gasteiger partial charge in [-0.3, -0.25) is 9.36 Å². The molecule has 3 aromatic rings. The highest BCUT2D eigenvalue weighted by Crippen LogP contribution is 2.31. The van der Waals surface area contributed by atoms with E-state index in [1.54, 1.807) is 11.1 Å². The fourth-order valence-corrected chi connectivity index (χ4v) is 4.25. The van der Waals surface area contributed by atoms with Crippen molar-refractivity contribution in [3.8, 4) is 17.2 Å². The first kappa shape index (κ1) is 20.3. The molecule has 0 atom stereocenters. The fraction of sp³-hybridized carbons (Fsp3) is 0.304. The van der Waals surface area contributed by atoms with Gasteiger partial charge in [0.05, 0.1) is 11.4 Å². The molecule has 0 aliphatic carbocycles. The number of rotatable bonds is 6. The molecule has 0 radical (unpaired) electrons. The lowest BCUT2D eigenvalue weighted by molar-refractivity contribution is -0.127. The van der Waals surface area contributed by atoms with Crippen molar-refractivity contribution in [1.29, 1.82) is 0 Å². The molecule has 30 heavy (non-hydrogen) atoms. The van der Waals surface area contributed by atoms with Gasteiger partial charge in [0.25, 0.3) is 0 Å². The molecule has 2 heterocycles. The van der Waals surface area contributed by atoms with Gasteiger partial charge < -0.3 is 14.4 Å². The third kappa shape index (κ3) is 4.46. The van der Waals surface area contributed by atoms with Crippen LogP contribution in [0.2, 0.25) is 0 Å². The van der Waals surface area contributed by atoms with Gasteiger partial charge in [0, 0.05) is 26.0 Å². The Hall–Kier alpha value is -2.93. The number of fused-ring (bicyclic) bond motifs is 1. The summed E-state index contributed by atoms with van der Waals surface area (Å²) < 4.78 is 13.2. The van der Waals surface area contributed by atoms with E-state index in [2.05, 4.69) is 37.0 Å². The number of carbonyl (C=O) groups excluding carboxylic acids is 1. The molecule has 0 N–H and O–H groups in total. The highest BCUT2D eigenvalue weighted by Gasteiger charge is 2.16. The average molecular weight is 424 g/mol. The molecule has 0 saturated heterocycles. The maximum atomic E-state index is 12.7. The summed E-state index contributed by atoms with van der Waals surface area (Å²) in [6.07, 6.45) is 3.71. The molecule has 6 nitrogen and oxygen atoms in total. The molecule has 156 valence electrons. The summed E-state index contributed by atoms with van der Waals surface area (Å²) in [6.45, 7) is 5.79. The monoisotopic (exact) mass is 423 g/mol. The largest absolute Gasteiger partial charge is 0.486 e. The van der Waals surface area contributed by atoms with E-state index < -0.39 is 0 Å². The van der Waals surface area contributed by atoms with Gasteiger partial charge in [-0.15, -0.1) is 0 Å². The number of aromatic nitrogens is 2. The van der Waals surface area contributed by atoms with Crippen LogP contribution in [0.25, 0.3) is 5.69 Å². The van der Waals surface area contributed by atoms with Crippen LogP contribution in [-0.2, 0) is 11.3 Å². The lowest BCUT2D eigenvalue weighted by atomic mass is 10.1. The number of benzene rings is 2. The molecule has 1 aliphatic rings. The number of imidazole rings is 1. The summed E-state index contributed by atoms with van der Waals surface area (Å²) >= 11 is 1.45. The van der Waals surface area contributed by atoms with E-state index >= 15 is 0 Å². The lowest BCUT2D eigenvalue weighted by Gasteiger charge is -2.21. The van der Waals surface area contributed by atoms with Crippen LogP contribution in [0.4, 0.5) is 0 Å². The Kier molecular flexibility index (Phi) is 5.99. The zero-order valence-electron chi connectivity index (χ0n) is 17.4. The van der Waals surface area contributed by atoms with Crippen molar-refractivity contribution < 1.29 is 14.3 Å². The van der Waals surface area contributed by atoms with E-state index in [0.717, 1.165) is 27.9 Å². The van der Waals surface area contributed by atoms with Crippen molar-refractivity contribution >= 4 is 17.7 Å². The number of nitrogens with zero attached hydrogens (tertiary/aromatic N) is 3. The first-order valence-electron chi connectivity index (χ1n) is 9.87. The van der Waals surface area contributed by atoms with Crippen LogP contribution in [0.3, 0.4) is 0 Å². The molecule has 0 fully saturated rings. The van der Waals surface area contributed by atoms with Gasteiger partial charge in [0.1, 0.15) is 13.2 Å². The summed E-state index contributed by atoms with van der Waals surface area (Å²) in [5.74, 6) is 1.87. The van der Waals surface area contributed by atoms with Crippen molar-refractivity contribution in [2.24, 2.45) is 0 Å². The normalized spacial score (nSPS) is 12.6. The molecule has 0 bridgehead atoms. The number of carbonyl (C=O) groups is 1.